The number of hydrogen-bond acceptors (Lipinski definition) is 2. The molecule has 0 heterocycles. The highest BCUT2D eigenvalue weighted by atomic mass is 35.5. The normalized spacial score (nSPS) is 14.8. The Hall–Kier alpha value is 0.240. The summed E-state index contributed by atoms with van der Waals surface area (Å²) in [7, 11) is -2.82. The quantitative estimate of drug-likeness (QED) is 0.652. The monoisotopic (exact) mass is 226 g/mol. The third kappa shape index (κ3) is 5.53. The number of alkyl halides is 1. The molecule has 0 aliphatic carbocycles. The van der Waals surface area contributed by atoms with Crippen molar-refractivity contribution in [1.82, 2.24) is 0 Å². The van der Waals surface area contributed by atoms with E-state index >= 15 is 0 Å². The van der Waals surface area contributed by atoms with Crippen LogP contribution in [-0.2, 0) is 9.84 Å². The standard InChI is InChI=1S/C9H19ClO2S/c1-4-13(11,12)6-5-9(7-10)8(2)3/h8-9H,4-7H2,1-3H3. The fraction of sp³-hybridized carbons (Fsp3) is 1.00. The van der Waals surface area contributed by atoms with Crippen LogP contribution in [0.3, 0.4) is 0 Å². The fourth-order valence-electron chi connectivity index (χ4n) is 1.06. The predicted octanol–water partition coefficient (Wildman–Crippen LogP) is 2.32. The summed E-state index contributed by atoms with van der Waals surface area (Å²) in [6.07, 6.45) is 0.692. The van der Waals surface area contributed by atoms with Crippen LogP contribution in [-0.4, -0.2) is 25.8 Å². The first-order chi connectivity index (χ1) is 5.93. The second kappa shape index (κ2) is 5.86. The van der Waals surface area contributed by atoms with Crippen molar-refractivity contribution in [3.05, 3.63) is 0 Å². The number of halogens is 1. The molecule has 0 aromatic heterocycles. The molecule has 0 aliphatic heterocycles. The summed E-state index contributed by atoms with van der Waals surface area (Å²) in [5, 5.41) is 0. The van der Waals surface area contributed by atoms with Gasteiger partial charge in [-0.2, -0.15) is 0 Å². The molecule has 0 spiro atoms. The van der Waals surface area contributed by atoms with E-state index < -0.39 is 9.84 Å². The van der Waals surface area contributed by atoms with Crippen molar-refractivity contribution in [3.63, 3.8) is 0 Å². The third-order valence-corrected chi connectivity index (χ3v) is 4.51. The second-order valence-electron chi connectivity index (χ2n) is 3.68. The Kier molecular flexibility index (Phi) is 5.97. The Morgan fingerprint density at radius 2 is 1.85 bits per heavy atom. The average molecular weight is 227 g/mol. The minimum Gasteiger partial charge on any atom is -0.229 e. The number of hydrogen-bond donors (Lipinski definition) is 0. The lowest BCUT2D eigenvalue weighted by Crippen LogP contribution is -2.17. The highest BCUT2D eigenvalue weighted by Crippen LogP contribution is 2.17. The zero-order valence-electron chi connectivity index (χ0n) is 8.59. The fourth-order valence-corrected chi connectivity index (χ4v) is 2.53. The Balaban J connectivity index is 4.00. The van der Waals surface area contributed by atoms with Crippen molar-refractivity contribution in [2.24, 2.45) is 11.8 Å². The maximum atomic E-state index is 11.2. The van der Waals surface area contributed by atoms with E-state index in [1.54, 1.807) is 6.92 Å². The largest absolute Gasteiger partial charge is 0.229 e. The molecule has 0 N–H and O–H groups in total. The van der Waals surface area contributed by atoms with E-state index in [0.717, 1.165) is 0 Å². The van der Waals surface area contributed by atoms with Gasteiger partial charge in [-0.3, -0.25) is 0 Å². The molecule has 1 unspecified atom stereocenters. The molecule has 1 atom stereocenters. The van der Waals surface area contributed by atoms with E-state index in [4.69, 9.17) is 11.6 Å². The molecule has 0 aromatic rings. The molecule has 13 heavy (non-hydrogen) atoms. The van der Waals surface area contributed by atoms with Gasteiger partial charge in [0.05, 0.1) is 5.75 Å². The van der Waals surface area contributed by atoms with Gasteiger partial charge in [-0.1, -0.05) is 20.8 Å². The van der Waals surface area contributed by atoms with Gasteiger partial charge in [0.25, 0.3) is 0 Å². The molecular weight excluding hydrogens is 208 g/mol. The van der Waals surface area contributed by atoms with E-state index in [9.17, 15) is 8.42 Å². The van der Waals surface area contributed by atoms with E-state index in [0.29, 0.717) is 24.1 Å². The van der Waals surface area contributed by atoms with Crippen LogP contribution in [0.1, 0.15) is 27.2 Å². The molecule has 0 aliphatic rings. The Labute approximate surface area is 86.6 Å². The summed E-state index contributed by atoms with van der Waals surface area (Å²) in [5.41, 5.74) is 0. The van der Waals surface area contributed by atoms with Crippen LogP contribution in [0.5, 0.6) is 0 Å². The summed E-state index contributed by atoms with van der Waals surface area (Å²) in [6.45, 7) is 5.83. The van der Waals surface area contributed by atoms with Crippen molar-refractivity contribution in [2.45, 2.75) is 27.2 Å². The van der Waals surface area contributed by atoms with Crippen molar-refractivity contribution >= 4 is 21.4 Å². The summed E-state index contributed by atoms with van der Waals surface area (Å²) in [6, 6.07) is 0. The SMILES string of the molecule is CCS(=O)(=O)CCC(CCl)C(C)C. The van der Waals surface area contributed by atoms with E-state index in [1.807, 2.05) is 0 Å². The molecule has 0 saturated heterocycles. The third-order valence-electron chi connectivity index (χ3n) is 2.38. The summed E-state index contributed by atoms with van der Waals surface area (Å²) >= 11 is 5.74. The van der Waals surface area contributed by atoms with Crippen LogP contribution in [0, 0.1) is 11.8 Å². The van der Waals surface area contributed by atoms with Gasteiger partial charge >= 0.3 is 0 Å². The molecule has 2 nitrogen and oxygen atoms in total. The van der Waals surface area contributed by atoms with Gasteiger partial charge in [0.1, 0.15) is 9.84 Å². The molecule has 0 rings (SSSR count). The minimum atomic E-state index is -2.82. The first kappa shape index (κ1) is 13.2. The smallest absolute Gasteiger partial charge is 0.150 e. The van der Waals surface area contributed by atoms with Gasteiger partial charge in [-0.05, 0) is 18.3 Å². The highest BCUT2D eigenvalue weighted by molar-refractivity contribution is 7.91. The molecule has 0 bridgehead atoms. The van der Waals surface area contributed by atoms with Crippen molar-refractivity contribution in [1.29, 1.82) is 0 Å². The molecule has 0 fully saturated rings. The highest BCUT2D eigenvalue weighted by Gasteiger charge is 2.16. The molecule has 0 saturated carbocycles. The molecule has 0 aromatic carbocycles. The lowest BCUT2D eigenvalue weighted by atomic mass is 9.95. The van der Waals surface area contributed by atoms with Gasteiger partial charge in [-0.15, -0.1) is 11.6 Å². The first-order valence-corrected chi connectivity index (χ1v) is 7.05. The number of sulfone groups is 1. The van der Waals surface area contributed by atoms with Gasteiger partial charge in [0.15, 0.2) is 0 Å². The predicted molar refractivity (Wildman–Crippen MR) is 58.0 cm³/mol. The van der Waals surface area contributed by atoms with E-state index in [-0.39, 0.29) is 11.5 Å². The Bertz CT molecular complexity index is 222. The second-order valence-corrected chi connectivity index (χ2v) is 6.46. The zero-order valence-corrected chi connectivity index (χ0v) is 10.2. The summed E-state index contributed by atoms with van der Waals surface area (Å²) < 4.78 is 22.4. The van der Waals surface area contributed by atoms with Crippen molar-refractivity contribution in [2.75, 3.05) is 17.4 Å². The maximum absolute atomic E-state index is 11.2. The minimum absolute atomic E-state index is 0.236. The first-order valence-electron chi connectivity index (χ1n) is 4.69. The number of rotatable bonds is 6. The topological polar surface area (TPSA) is 34.1 Å². The van der Waals surface area contributed by atoms with Gasteiger partial charge in [-0.25, -0.2) is 8.42 Å². The zero-order chi connectivity index (χ0) is 10.5. The van der Waals surface area contributed by atoms with Crippen LogP contribution in [0.15, 0.2) is 0 Å². The molecular formula is C9H19ClO2S. The van der Waals surface area contributed by atoms with E-state index in [2.05, 4.69) is 13.8 Å². The van der Waals surface area contributed by atoms with Crippen LogP contribution in [0.25, 0.3) is 0 Å². The lowest BCUT2D eigenvalue weighted by molar-refractivity contribution is 0.412. The van der Waals surface area contributed by atoms with Crippen LogP contribution in [0.2, 0.25) is 0 Å². The molecule has 0 radical (unpaired) electrons. The maximum Gasteiger partial charge on any atom is 0.150 e. The lowest BCUT2D eigenvalue weighted by Gasteiger charge is -2.17. The summed E-state index contributed by atoms with van der Waals surface area (Å²) in [5.74, 6) is 1.85. The van der Waals surface area contributed by atoms with Gasteiger partial charge in [0, 0.05) is 11.6 Å². The molecule has 0 amide bonds. The molecule has 4 heteroatoms. The van der Waals surface area contributed by atoms with Crippen molar-refractivity contribution in [3.8, 4) is 0 Å². The van der Waals surface area contributed by atoms with Crippen molar-refractivity contribution < 1.29 is 8.42 Å². The average Bonchev–Trinajstić information content (AvgIpc) is 2.05. The van der Waals surface area contributed by atoms with Crippen LogP contribution >= 0.6 is 11.6 Å². The molecule has 80 valence electrons. The van der Waals surface area contributed by atoms with Gasteiger partial charge in [0.2, 0.25) is 0 Å². The summed E-state index contributed by atoms with van der Waals surface area (Å²) in [4.78, 5) is 0. The van der Waals surface area contributed by atoms with Crippen LogP contribution < -0.4 is 0 Å². The van der Waals surface area contributed by atoms with E-state index in [1.165, 1.54) is 0 Å². The van der Waals surface area contributed by atoms with Crippen LogP contribution in [0.4, 0.5) is 0 Å². The Morgan fingerprint density at radius 1 is 1.31 bits per heavy atom. The van der Waals surface area contributed by atoms with Gasteiger partial charge < -0.3 is 0 Å². The Morgan fingerprint density at radius 3 is 2.15 bits per heavy atom.